The second-order valence-corrected chi connectivity index (χ2v) is 6.63. The summed E-state index contributed by atoms with van der Waals surface area (Å²) in [7, 11) is 7.87. The second kappa shape index (κ2) is 8.19. The monoisotopic (exact) mass is 380 g/mol. The van der Waals surface area contributed by atoms with Gasteiger partial charge in [-0.1, -0.05) is 0 Å². The number of hydrogen-bond donors (Lipinski definition) is 1. The minimum Gasteiger partial charge on any atom is -0.356 e. The van der Waals surface area contributed by atoms with Crippen molar-refractivity contribution in [3.63, 3.8) is 0 Å². The molecule has 0 aromatic carbocycles. The molecule has 0 aliphatic rings. The lowest BCUT2D eigenvalue weighted by Gasteiger charge is -2.22. The van der Waals surface area contributed by atoms with E-state index in [9.17, 15) is 0 Å². The molecule has 0 aliphatic heterocycles. The van der Waals surface area contributed by atoms with Crippen molar-refractivity contribution in [1.82, 2.24) is 24.6 Å². The van der Waals surface area contributed by atoms with Gasteiger partial charge in [0.15, 0.2) is 5.96 Å². The Kier molecular flexibility index (Phi) is 6.27. The first-order chi connectivity index (χ1) is 11.0. The van der Waals surface area contributed by atoms with Crippen LogP contribution in [0.4, 0.5) is 0 Å². The first-order valence-corrected chi connectivity index (χ1v) is 8.49. The fourth-order valence-corrected chi connectivity index (χ4v) is 3.09. The number of hydrogen-bond acceptors (Lipinski definition) is 2. The van der Waals surface area contributed by atoms with Crippen LogP contribution in [0.5, 0.6) is 0 Å². The van der Waals surface area contributed by atoms with Crippen LogP contribution in [0, 0.1) is 0 Å². The Bertz CT molecular complexity index is 657. The Hall–Kier alpha value is -1.76. The van der Waals surface area contributed by atoms with Gasteiger partial charge in [-0.05, 0) is 40.4 Å². The predicted octanol–water partition coefficient (Wildman–Crippen LogP) is 2.16. The quantitative estimate of drug-likeness (QED) is 0.474. The molecule has 7 heteroatoms. The Morgan fingerprint density at radius 3 is 2.74 bits per heavy atom. The molecule has 6 nitrogen and oxygen atoms in total. The van der Waals surface area contributed by atoms with E-state index in [0.29, 0.717) is 0 Å². The summed E-state index contributed by atoms with van der Waals surface area (Å²) in [5.74, 6) is 0.911. The maximum Gasteiger partial charge on any atom is 0.193 e. The van der Waals surface area contributed by atoms with Crippen molar-refractivity contribution in [3.05, 3.63) is 40.4 Å². The number of nitrogens with one attached hydrogen (secondary N) is 1. The predicted molar refractivity (Wildman–Crippen MR) is 97.5 cm³/mol. The molecule has 2 aromatic rings. The highest BCUT2D eigenvalue weighted by Crippen LogP contribution is 2.14. The van der Waals surface area contributed by atoms with E-state index in [1.807, 2.05) is 25.0 Å². The van der Waals surface area contributed by atoms with Gasteiger partial charge in [-0.3, -0.25) is 9.67 Å². The van der Waals surface area contributed by atoms with Crippen molar-refractivity contribution in [1.29, 1.82) is 0 Å². The van der Waals surface area contributed by atoms with Gasteiger partial charge in [0.2, 0.25) is 0 Å². The van der Waals surface area contributed by atoms with Gasteiger partial charge in [-0.15, -0.1) is 0 Å². The summed E-state index contributed by atoms with van der Waals surface area (Å²) >= 11 is 3.51. The Morgan fingerprint density at radius 1 is 1.39 bits per heavy atom. The minimum absolute atomic E-state index is 0.810. The van der Waals surface area contributed by atoms with E-state index in [-0.39, 0.29) is 0 Å². The van der Waals surface area contributed by atoms with E-state index in [4.69, 9.17) is 0 Å². The van der Waals surface area contributed by atoms with Gasteiger partial charge in [-0.25, -0.2) is 0 Å². The lowest BCUT2D eigenvalue weighted by Crippen LogP contribution is -2.39. The number of aryl methyl sites for hydroxylation is 3. The number of aromatic nitrogens is 3. The van der Waals surface area contributed by atoms with Crippen LogP contribution in [0.3, 0.4) is 0 Å². The summed E-state index contributed by atoms with van der Waals surface area (Å²) < 4.78 is 5.06. The molecule has 2 heterocycles. The zero-order valence-electron chi connectivity index (χ0n) is 14.3. The van der Waals surface area contributed by atoms with Gasteiger partial charge < -0.3 is 14.8 Å². The van der Waals surface area contributed by atoms with Crippen LogP contribution < -0.4 is 5.32 Å². The highest BCUT2D eigenvalue weighted by atomic mass is 79.9. The van der Waals surface area contributed by atoms with E-state index in [1.54, 1.807) is 0 Å². The largest absolute Gasteiger partial charge is 0.356 e. The molecular weight excluding hydrogens is 356 g/mol. The van der Waals surface area contributed by atoms with Crippen LogP contribution >= 0.6 is 15.9 Å². The molecule has 0 bridgehead atoms. The first-order valence-electron chi connectivity index (χ1n) is 7.69. The van der Waals surface area contributed by atoms with E-state index in [1.165, 1.54) is 11.3 Å². The van der Waals surface area contributed by atoms with Crippen molar-refractivity contribution in [3.8, 4) is 0 Å². The Labute approximate surface area is 146 Å². The summed E-state index contributed by atoms with van der Waals surface area (Å²) in [6.45, 7) is 1.70. The molecule has 0 radical (unpaired) electrons. The van der Waals surface area contributed by atoms with Crippen LogP contribution in [0.15, 0.2) is 34.1 Å². The average molecular weight is 381 g/mol. The first kappa shape index (κ1) is 17.6. The normalized spacial score (nSPS) is 11.8. The zero-order valence-corrected chi connectivity index (χ0v) is 15.8. The summed E-state index contributed by atoms with van der Waals surface area (Å²) in [5.41, 5.74) is 2.50. The molecule has 0 aliphatic carbocycles. The average Bonchev–Trinajstić information content (AvgIpc) is 3.04. The molecule has 126 valence electrons. The van der Waals surface area contributed by atoms with E-state index >= 15 is 0 Å². The van der Waals surface area contributed by atoms with Gasteiger partial charge in [0.05, 0.1) is 12.7 Å². The molecule has 0 fully saturated rings. The molecule has 1 N–H and O–H groups in total. The van der Waals surface area contributed by atoms with Crippen LogP contribution in [0.1, 0.15) is 17.7 Å². The lowest BCUT2D eigenvalue weighted by atomic mass is 10.2. The lowest BCUT2D eigenvalue weighted by molar-refractivity contribution is 0.461. The number of rotatable bonds is 6. The molecule has 0 atom stereocenters. The second-order valence-electron chi connectivity index (χ2n) is 5.72. The molecule has 0 saturated heterocycles. The molecule has 2 rings (SSSR count). The molecule has 0 unspecified atom stereocenters. The van der Waals surface area contributed by atoms with Crippen molar-refractivity contribution in [2.24, 2.45) is 19.1 Å². The highest BCUT2D eigenvalue weighted by molar-refractivity contribution is 9.10. The van der Waals surface area contributed by atoms with Crippen molar-refractivity contribution >= 4 is 21.9 Å². The molecule has 0 amide bonds. The highest BCUT2D eigenvalue weighted by Gasteiger charge is 2.09. The fraction of sp³-hybridized carbons (Fsp3) is 0.500. The van der Waals surface area contributed by atoms with E-state index < -0.39 is 0 Å². The minimum atomic E-state index is 0.810. The van der Waals surface area contributed by atoms with Crippen LogP contribution in [-0.4, -0.2) is 45.8 Å². The summed E-state index contributed by atoms with van der Waals surface area (Å²) in [5, 5.41) is 7.61. The third-order valence-corrected chi connectivity index (χ3v) is 4.16. The Morgan fingerprint density at radius 2 is 2.17 bits per heavy atom. The van der Waals surface area contributed by atoms with Gasteiger partial charge in [0, 0.05) is 57.3 Å². The van der Waals surface area contributed by atoms with Crippen LogP contribution in [-0.2, 0) is 27.1 Å². The van der Waals surface area contributed by atoms with Crippen molar-refractivity contribution in [2.75, 3.05) is 20.6 Å². The van der Waals surface area contributed by atoms with Crippen molar-refractivity contribution in [2.45, 2.75) is 19.4 Å². The van der Waals surface area contributed by atoms with Crippen LogP contribution in [0.2, 0.25) is 0 Å². The molecule has 0 saturated carbocycles. The number of halogens is 1. The summed E-state index contributed by atoms with van der Waals surface area (Å²) in [6, 6.07) is 2.13. The van der Waals surface area contributed by atoms with Gasteiger partial charge in [-0.2, -0.15) is 5.10 Å². The smallest absolute Gasteiger partial charge is 0.193 e. The number of guanidine groups is 1. The van der Waals surface area contributed by atoms with Gasteiger partial charge in [0.1, 0.15) is 0 Å². The number of aliphatic imine (C=N–C) groups is 1. The number of nitrogens with zero attached hydrogens (tertiary/aromatic N) is 5. The standard InChI is InChI=1S/C16H25BrN6/c1-18-16(19-7-5-6-13-9-20-23(4)10-13)22(3)12-15-8-14(17)11-21(15)2/h8-11H,5-7,12H2,1-4H3,(H,18,19). The van der Waals surface area contributed by atoms with Gasteiger partial charge >= 0.3 is 0 Å². The van der Waals surface area contributed by atoms with Gasteiger partial charge in [0.25, 0.3) is 0 Å². The van der Waals surface area contributed by atoms with Crippen LogP contribution in [0.25, 0.3) is 0 Å². The fourth-order valence-electron chi connectivity index (χ4n) is 2.52. The maximum atomic E-state index is 4.36. The maximum absolute atomic E-state index is 4.36. The molecule has 0 spiro atoms. The molecule has 2 aromatic heterocycles. The topological polar surface area (TPSA) is 50.4 Å². The van der Waals surface area contributed by atoms with E-state index in [2.05, 4.69) is 73.4 Å². The zero-order chi connectivity index (χ0) is 16.8. The third kappa shape index (κ3) is 5.13. The van der Waals surface area contributed by atoms with E-state index in [0.717, 1.165) is 36.4 Å². The summed E-state index contributed by atoms with van der Waals surface area (Å²) in [6.07, 6.45) is 8.12. The van der Waals surface area contributed by atoms with Crippen molar-refractivity contribution < 1.29 is 0 Å². The summed E-state index contributed by atoms with van der Waals surface area (Å²) in [4.78, 5) is 6.49. The SMILES string of the molecule is CN=C(NCCCc1cnn(C)c1)N(C)Cc1cc(Br)cn1C. The third-order valence-electron chi connectivity index (χ3n) is 3.73. The molecule has 23 heavy (non-hydrogen) atoms. The Balaban J connectivity index is 1.79. The molecular formula is C16H25BrN6.